The number of hydrogen-bond acceptors (Lipinski definition) is 3. The third-order valence-corrected chi connectivity index (χ3v) is 2.61. The van der Waals surface area contributed by atoms with E-state index in [0.29, 0.717) is 0 Å². The molecule has 1 aliphatic heterocycles. The molecule has 1 heterocycles. The fraction of sp³-hybridized carbons (Fsp3) is 0.154. The molecule has 1 saturated heterocycles. The summed E-state index contributed by atoms with van der Waals surface area (Å²) in [5, 5.41) is 13.4. The maximum atomic E-state index is 11.7. The Morgan fingerprint density at radius 1 is 1.26 bits per heavy atom. The first-order valence-corrected chi connectivity index (χ1v) is 5.66. The average Bonchev–Trinajstić information content (AvgIpc) is 2.36. The number of carboxylic acids is 1. The molecule has 1 aliphatic rings. The van der Waals surface area contributed by atoms with Gasteiger partial charge in [0.1, 0.15) is 11.7 Å². The first kappa shape index (κ1) is 12.8. The minimum atomic E-state index is -1.14. The first-order chi connectivity index (χ1) is 9.06. The van der Waals surface area contributed by atoms with Gasteiger partial charge in [-0.15, -0.1) is 0 Å². The molecule has 6 heteroatoms. The zero-order chi connectivity index (χ0) is 13.8. The molecule has 0 saturated carbocycles. The van der Waals surface area contributed by atoms with Crippen LogP contribution in [0.15, 0.2) is 36.0 Å². The van der Waals surface area contributed by atoms with Gasteiger partial charge in [0.2, 0.25) is 5.91 Å². The van der Waals surface area contributed by atoms with Crippen LogP contribution in [0, 0.1) is 0 Å². The molecular formula is C13H12N2O4. The fourth-order valence-electron chi connectivity index (χ4n) is 1.71. The Kier molecular flexibility index (Phi) is 3.61. The summed E-state index contributed by atoms with van der Waals surface area (Å²) >= 11 is 0. The molecule has 1 unspecified atom stereocenters. The first-order valence-electron chi connectivity index (χ1n) is 5.66. The van der Waals surface area contributed by atoms with Crippen molar-refractivity contribution in [3.63, 3.8) is 0 Å². The van der Waals surface area contributed by atoms with Gasteiger partial charge in [-0.3, -0.25) is 14.4 Å². The number of benzene rings is 1. The Morgan fingerprint density at radius 2 is 1.95 bits per heavy atom. The molecule has 1 aromatic carbocycles. The fourth-order valence-corrected chi connectivity index (χ4v) is 1.71. The number of carboxylic acid groups (broad SMARTS) is 1. The molecule has 1 fully saturated rings. The molecule has 2 amide bonds. The quantitative estimate of drug-likeness (QED) is 0.672. The van der Waals surface area contributed by atoms with E-state index in [1.807, 2.05) is 18.2 Å². The van der Waals surface area contributed by atoms with E-state index in [1.54, 1.807) is 12.1 Å². The summed E-state index contributed by atoms with van der Waals surface area (Å²) in [6.07, 6.45) is 1.10. The molecule has 0 radical (unpaired) electrons. The van der Waals surface area contributed by atoms with Crippen molar-refractivity contribution in [2.45, 2.75) is 12.5 Å². The normalized spacial score (nSPS) is 20.8. The summed E-state index contributed by atoms with van der Waals surface area (Å²) in [6, 6.07) is 8.00. The highest BCUT2D eigenvalue weighted by molar-refractivity contribution is 6.08. The van der Waals surface area contributed by atoms with E-state index in [9.17, 15) is 14.4 Å². The molecule has 0 aliphatic carbocycles. The lowest BCUT2D eigenvalue weighted by molar-refractivity contribution is -0.141. The van der Waals surface area contributed by atoms with E-state index in [0.717, 1.165) is 5.56 Å². The Labute approximate surface area is 109 Å². The second-order valence-corrected chi connectivity index (χ2v) is 4.08. The summed E-state index contributed by atoms with van der Waals surface area (Å²) in [4.78, 5) is 33.9. The molecule has 0 spiro atoms. The Balaban J connectivity index is 2.15. The van der Waals surface area contributed by atoms with Crippen molar-refractivity contribution in [2.24, 2.45) is 0 Å². The summed E-state index contributed by atoms with van der Waals surface area (Å²) in [7, 11) is 0. The minimum Gasteiger partial charge on any atom is -0.481 e. The van der Waals surface area contributed by atoms with Gasteiger partial charge in [-0.2, -0.15) is 0 Å². The predicted molar refractivity (Wildman–Crippen MR) is 66.7 cm³/mol. The van der Waals surface area contributed by atoms with Crippen LogP contribution in [0.2, 0.25) is 0 Å². The average molecular weight is 260 g/mol. The zero-order valence-corrected chi connectivity index (χ0v) is 9.92. The maximum absolute atomic E-state index is 11.7. The maximum Gasteiger partial charge on any atom is 0.305 e. The van der Waals surface area contributed by atoms with Crippen molar-refractivity contribution in [1.82, 2.24) is 10.6 Å². The molecule has 1 atom stereocenters. The number of rotatable bonds is 3. The number of piperazine rings is 1. The van der Waals surface area contributed by atoms with E-state index in [1.165, 1.54) is 6.08 Å². The zero-order valence-electron chi connectivity index (χ0n) is 9.92. The summed E-state index contributed by atoms with van der Waals surface area (Å²) in [6.45, 7) is 0. The number of hydrogen-bond donors (Lipinski definition) is 3. The Morgan fingerprint density at radius 3 is 2.58 bits per heavy atom. The standard InChI is InChI=1S/C13H12N2O4/c16-11(17)7-10-13(19)14-9(12(18)15-10)6-8-4-2-1-3-5-8/h1-6,10H,7H2,(H,14,19)(H,15,18)(H,16,17). The van der Waals surface area contributed by atoms with Gasteiger partial charge in [0.25, 0.3) is 5.91 Å². The highest BCUT2D eigenvalue weighted by Crippen LogP contribution is 2.09. The third kappa shape index (κ3) is 3.19. The van der Waals surface area contributed by atoms with Crippen LogP contribution in [0.1, 0.15) is 12.0 Å². The van der Waals surface area contributed by atoms with Crippen molar-refractivity contribution in [3.8, 4) is 0 Å². The highest BCUT2D eigenvalue weighted by Gasteiger charge is 2.31. The van der Waals surface area contributed by atoms with Crippen LogP contribution in [0.4, 0.5) is 0 Å². The van der Waals surface area contributed by atoms with Crippen LogP contribution in [0.5, 0.6) is 0 Å². The van der Waals surface area contributed by atoms with E-state index in [2.05, 4.69) is 10.6 Å². The number of nitrogens with one attached hydrogen (secondary N) is 2. The van der Waals surface area contributed by atoms with E-state index in [-0.39, 0.29) is 5.70 Å². The third-order valence-electron chi connectivity index (χ3n) is 2.61. The lowest BCUT2D eigenvalue weighted by atomic mass is 10.1. The van der Waals surface area contributed by atoms with E-state index >= 15 is 0 Å². The largest absolute Gasteiger partial charge is 0.481 e. The van der Waals surface area contributed by atoms with Crippen LogP contribution < -0.4 is 10.6 Å². The van der Waals surface area contributed by atoms with Crippen molar-refractivity contribution in [3.05, 3.63) is 41.6 Å². The van der Waals surface area contributed by atoms with Crippen molar-refractivity contribution < 1.29 is 19.5 Å². The van der Waals surface area contributed by atoms with Crippen molar-refractivity contribution >= 4 is 23.9 Å². The molecule has 98 valence electrons. The van der Waals surface area contributed by atoms with Gasteiger partial charge in [-0.05, 0) is 11.6 Å². The van der Waals surface area contributed by atoms with Crippen LogP contribution in [-0.2, 0) is 14.4 Å². The van der Waals surface area contributed by atoms with Crippen LogP contribution in [-0.4, -0.2) is 28.9 Å². The number of aliphatic carboxylic acids is 1. The van der Waals surface area contributed by atoms with E-state index < -0.39 is 30.2 Å². The van der Waals surface area contributed by atoms with Crippen LogP contribution in [0.3, 0.4) is 0 Å². The molecular weight excluding hydrogens is 248 g/mol. The highest BCUT2D eigenvalue weighted by atomic mass is 16.4. The topological polar surface area (TPSA) is 95.5 Å². The summed E-state index contributed by atoms with van der Waals surface area (Å²) in [5.41, 5.74) is 0.877. The van der Waals surface area contributed by atoms with Gasteiger partial charge in [0.05, 0.1) is 6.42 Å². The van der Waals surface area contributed by atoms with Gasteiger partial charge in [0, 0.05) is 0 Å². The molecule has 6 nitrogen and oxygen atoms in total. The Bertz CT molecular complexity index is 551. The lowest BCUT2D eigenvalue weighted by Crippen LogP contribution is -2.55. The van der Waals surface area contributed by atoms with Crippen LogP contribution in [0.25, 0.3) is 6.08 Å². The number of carbonyl (C=O) groups excluding carboxylic acids is 2. The lowest BCUT2D eigenvalue weighted by Gasteiger charge is -2.23. The smallest absolute Gasteiger partial charge is 0.305 e. The molecule has 0 aromatic heterocycles. The Hall–Kier alpha value is -2.63. The van der Waals surface area contributed by atoms with Crippen molar-refractivity contribution in [1.29, 1.82) is 0 Å². The van der Waals surface area contributed by atoms with Gasteiger partial charge < -0.3 is 15.7 Å². The second kappa shape index (κ2) is 5.34. The van der Waals surface area contributed by atoms with E-state index in [4.69, 9.17) is 5.11 Å². The van der Waals surface area contributed by atoms with Gasteiger partial charge >= 0.3 is 5.97 Å². The molecule has 1 aromatic rings. The SMILES string of the molecule is O=C(O)CC1NC(=O)C(=Cc2ccccc2)NC1=O. The molecule has 19 heavy (non-hydrogen) atoms. The van der Waals surface area contributed by atoms with Gasteiger partial charge in [-0.25, -0.2) is 0 Å². The monoisotopic (exact) mass is 260 g/mol. The molecule has 3 N–H and O–H groups in total. The molecule has 0 bridgehead atoms. The summed E-state index contributed by atoms with van der Waals surface area (Å²) < 4.78 is 0. The molecule has 2 rings (SSSR count). The summed E-state index contributed by atoms with van der Waals surface area (Å²) in [5.74, 6) is -2.16. The van der Waals surface area contributed by atoms with Gasteiger partial charge in [-0.1, -0.05) is 30.3 Å². The number of carbonyl (C=O) groups is 3. The minimum absolute atomic E-state index is 0.109. The second-order valence-electron chi connectivity index (χ2n) is 4.08. The number of amides is 2. The van der Waals surface area contributed by atoms with Gasteiger partial charge in [0.15, 0.2) is 0 Å². The predicted octanol–water partition coefficient (Wildman–Crippen LogP) is 0.117. The van der Waals surface area contributed by atoms with Crippen LogP contribution >= 0.6 is 0 Å². The van der Waals surface area contributed by atoms with Crippen molar-refractivity contribution in [2.75, 3.05) is 0 Å².